The Morgan fingerprint density at radius 1 is 1.25 bits per heavy atom. The van der Waals surface area contributed by atoms with Crippen LogP contribution in [0.3, 0.4) is 0 Å². The maximum Gasteiger partial charge on any atom is 0.275 e. The van der Waals surface area contributed by atoms with E-state index in [0.29, 0.717) is 12.3 Å². The van der Waals surface area contributed by atoms with E-state index in [9.17, 15) is 13.2 Å². The summed E-state index contributed by atoms with van der Waals surface area (Å²) >= 11 is 5.02. The summed E-state index contributed by atoms with van der Waals surface area (Å²) in [5, 5.41) is -0.929. The second-order valence-electron chi connectivity index (χ2n) is 4.80. The highest BCUT2D eigenvalue weighted by molar-refractivity contribution is 7.87. The molecule has 1 atom stereocenters. The molecule has 0 radical (unpaired) electrons. The molecule has 1 rings (SSSR count). The minimum Gasteiger partial charge on any atom is -0.280 e. The second kappa shape index (κ2) is 8.39. The number of carbonyl (C=O) groups excluding carboxylic acids is 1. The van der Waals surface area contributed by atoms with E-state index in [0.717, 1.165) is 12.8 Å². The molecular formula is C14H19ClO4S. The second-order valence-corrected chi connectivity index (χ2v) is 6.86. The van der Waals surface area contributed by atoms with Crippen LogP contribution < -0.4 is 0 Å². The number of halogens is 1. The normalized spacial score (nSPS) is 13.1. The van der Waals surface area contributed by atoms with Crippen LogP contribution in [0.4, 0.5) is 0 Å². The van der Waals surface area contributed by atoms with Crippen molar-refractivity contribution < 1.29 is 17.4 Å². The predicted octanol–water partition coefficient (Wildman–Crippen LogP) is 2.76. The van der Waals surface area contributed by atoms with E-state index in [1.807, 2.05) is 25.1 Å². The van der Waals surface area contributed by atoms with E-state index in [4.69, 9.17) is 15.8 Å². The van der Waals surface area contributed by atoms with Crippen molar-refractivity contribution >= 4 is 27.0 Å². The Labute approximate surface area is 125 Å². The summed E-state index contributed by atoms with van der Waals surface area (Å²) in [6, 6.07) is 10.1. The molecule has 0 aromatic heterocycles. The third-order valence-electron chi connectivity index (χ3n) is 2.93. The zero-order valence-electron chi connectivity index (χ0n) is 11.4. The Bertz CT molecular complexity index is 513. The molecule has 0 spiro atoms. The largest absolute Gasteiger partial charge is 0.280 e. The first kappa shape index (κ1) is 17.1. The van der Waals surface area contributed by atoms with Gasteiger partial charge in [0.05, 0.1) is 6.61 Å². The first-order valence-corrected chi connectivity index (χ1v) is 8.44. The zero-order valence-corrected chi connectivity index (χ0v) is 13.0. The van der Waals surface area contributed by atoms with Crippen molar-refractivity contribution in [2.75, 3.05) is 12.4 Å². The summed E-state index contributed by atoms with van der Waals surface area (Å²) in [5.74, 6) is -0.426. The standard InChI is InChI=1S/C14H19ClO4S/c1-12(7-8-13-5-3-2-4-6-13)9-10-19-20(17,18)11-14(15)16/h2-6,12H,7-11H2,1H3. The van der Waals surface area contributed by atoms with Crippen LogP contribution >= 0.6 is 11.6 Å². The van der Waals surface area contributed by atoms with Gasteiger partial charge in [-0.1, -0.05) is 37.3 Å². The Morgan fingerprint density at radius 2 is 1.90 bits per heavy atom. The molecule has 0 N–H and O–H groups in total. The molecule has 112 valence electrons. The lowest BCUT2D eigenvalue weighted by Crippen LogP contribution is -2.16. The van der Waals surface area contributed by atoms with E-state index >= 15 is 0 Å². The molecule has 0 saturated carbocycles. The van der Waals surface area contributed by atoms with E-state index in [1.165, 1.54) is 5.56 Å². The molecule has 20 heavy (non-hydrogen) atoms. The van der Waals surface area contributed by atoms with Crippen molar-refractivity contribution in [3.05, 3.63) is 35.9 Å². The molecule has 0 aliphatic carbocycles. The molecule has 1 aromatic rings. The molecule has 1 unspecified atom stereocenters. The number of hydrogen-bond donors (Lipinski definition) is 0. The first-order chi connectivity index (χ1) is 9.39. The van der Waals surface area contributed by atoms with Crippen LogP contribution in [0.15, 0.2) is 30.3 Å². The number of rotatable bonds is 9. The lowest BCUT2D eigenvalue weighted by molar-refractivity contribution is -0.109. The predicted molar refractivity (Wildman–Crippen MR) is 79.1 cm³/mol. The van der Waals surface area contributed by atoms with Gasteiger partial charge in [-0.15, -0.1) is 0 Å². The minimum atomic E-state index is -3.83. The van der Waals surface area contributed by atoms with Crippen LogP contribution in [-0.2, 0) is 25.5 Å². The van der Waals surface area contributed by atoms with Crippen LogP contribution in [-0.4, -0.2) is 26.0 Å². The Morgan fingerprint density at radius 3 is 2.50 bits per heavy atom. The summed E-state index contributed by atoms with van der Waals surface area (Å²) in [6.45, 7) is 2.13. The van der Waals surface area contributed by atoms with E-state index < -0.39 is 21.1 Å². The summed E-state index contributed by atoms with van der Waals surface area (Å²) < 4.78 is 27.3. The Balaban J connectivity index is 2.23. The van der Waals surface area contributed by atoms with Crippen molar-refractivity contribution in [2.45, 2.75) is 26.2 Å². The van der Waals surface area contributed by atoms with Gasteiger partial charge < -0.3 is 0 Å². The van der Waals surface area contributed by atoms with Gasteiger partial charge in [0.25, 0.3) is 10.1 Å². The van der Waals surface area contributed by atoms with E-state index in [1.54, 1.807) is 0 Å². The fourth-order valence-corrected chi connectivity index (χ4v) is 2.87. The van der Waals surface area contributed by atoms with E-state index in [-0.39, 0.29) is 6.61 Å². The molecule has 0 bridgehead atoms. The third-order valence-corrected chi connectivity index (χ3v) is 4.37. The van der Waals surface area contributed by atoms with Gasteiger partial charge in [0.15, 0.2) is 0 Å². The molecule has 0 heterocycles. The highest BCUT2D eigenvalue weighted by Gasteiger charge is 2.16. The highest BCUT2D eigenvalue weighted by atomic mass is 35.5. The Hall–Kier alpha value is -0.910. The van der Waals surface area contributed by atoms with Crippen LogP contribution in [0, 0.1) is 5.92 Å². The minimum absolute atomic E-state index is 0.0858. The average Bonchev–Trinajstić information content (AvgIpc) is 2.36. The van der Waals surface area contributed by atoms with Crippen molar-refractivity contribution in [2.24, 2.45) is 5.92 Å². The molecule has 4 nitrogen and oxygen atoms in total. The average molecular weight is 319 g/mol. The van der Waals surface area contributed by atoms with Gasteiger partial charge in [0.1, 0.15) is 5.75 Å². The molecule has 0 fully saturated rings. The summed E-state index contributed by atoms with van der Waals surface area (Å²) in [4.78, 5) is 10.5. The maximum atomic E-state index is 11.3. The molecule has 0 aliphatic heterocycles. The van der Waals surface area contributed by atoms with E-state index in [2.05, 4.69) is 12.1 Å². The highest BCUT2D eigenvalue weighted by Crippen LogP contribution is 2.13. The number of hydrogen-bond acceptors (Lipinski definition) is 4. The fourth-order valence-electron chi connectivity index (χ4n) is 1.76. The quantitative estimate of drug-likeness (QED) is 0.519. The molecule has 1 aromatic carbocycles. The zero-order chi connectivity index (χ0) is 15.0. The SMILES string of the molecule is CC(CCOS(=O)(=O)CC(=O)Cl)CCc1ccccc1. The van der Waals surface area contributed by atoms with Crippen LogP contribution in [0.25, 0.3) is 0 Å². The van der Waals surface area contributed by atoms with Crippen molar-refractivity contribution in [3.63, 3.8) is 0 Å². The summed E-state index contributed by atoms with van der Waals surface area (Å²) in [6.07, 6.45) is 2.54. The number of benzene rings is 1. The molecule has 6 heteroatoms. The Kier molecular flexibility index (Phi) is 7.19. The lowest BCUT2D eigenvalue weighted by atomic mass is 9.99. The van der Waals surface area contributed by atoms with Gasteiger partial charge in [-0.3, -0.25) is 8.98 Å². The smallest absolute Gasteiger partial charge is 0.275 e. The molecular weight excluding hydrogens is 300 g/mol. The monoisotopic (exact) mass is 318 g/mol. The molecule has 0 saturated heterocycles. The maximum absolute atomic E-state index is 11.3. The van der Waals surface area contributed by atoms with Crippen LogP contribution in [0.5, 0.6) is 0 Å². The topological polar surface area (TPSA) is 60.4 Å². The van der Waals surface area contributed by atoms with Gasteiger partial charge in [0.2, 0.25) is 5.24 Å². The van der Waals surface area contributed by atoms with Crippen LogP contribution in [0.2, 0.25) is 0 Å². The van der Waals surface area contributed by atoms with Gasteiger partial charge in [-0.25, -0.2) is 0 Å². The van der Waals surface area contributed by atoms with Gasteiger partial charge in [-0.05, 0) is 42.3 Å². The van der Waals surface area contributed by atoms with Crippen LogP contribution in [0.1, 0.15) is 25.3 Å². The van der Waals surface area contributed by atoms with Crippen molar-refractivity contribution in [3.8, 4) is 0 Å². The third kappa shape index (κ3) is 7.62. The molecule has 0 aliphatic rings. The summed E-state index contributed by atoms with van der Waals surface area (Å²) in [7, 11) is -3.83. The number of carbonyl (C=O) groups is 1. The van der Waals surface area contributed by atoms with Gasteiger partial charge in [-0.2, -0.15) is 8.42 Å². The van der Waals surface area contributed by atoms with Gasteiger partial charge in [0, 0.05) is 0 Å². The van der Waals surface area contributed by atoms with Crippen molar-refractivity contribution in [1.82, 2.24) is 0 Å². The number of aryl methyl sites for hydroxylation is 1. The first-order valence-electron chi connectivity index (χ1n) is 6.48. The van der Waals surface area contributed by atoms with Crippen molar-refractivity contribution in [1.29, 1.82) is 0 Å². The fraction of sp³-hybridized carbons (Fsp3) is 0.500. The van der Waals surface area contributed by atoms with Gasteiger partial charge >= 0.3 is 0 Å². The summed E-state index contributed by atoms with van der Waals surface area (Å²) in [5.41, 5.74) is 1.26. The molecule has 0 amide bonds. The lowest BCUT2D eigenvalue weighted by Gasteiger charge is -2.11.